The van der Waals surface area contributed by atoms with Crippen molar-refractivity contribution < 1.29 is 9.47 Å². The summed E-state index contributed by atoms with van der Waals surface area (Å²) in [6.45, 7) is 8.32. The highest BCUT2D eigenvalue weighted by atomic mass is 79.9. The molecular weight excluding hydrogens is 422 g/mol. The van der Waals surface area contributed by atoms with E-state index >= 15 is 0 Å². The minimum atomic E-state index is 0.474. The second kappa shape index (κ2) is 9.54. The van der Waals surface area contributed by atoms with E-state index in [0.717, 1.165) is 15.6 Å². The van der Waals surface area contributed by atoms with Gasteiger partial charge in [-0.15, -0.1) is 0 Å². The number of benzene rings is 2. The van der Waals surface area contributed by atoms with Gasteiger partial charge >= 0.3 is 0 Å². The molecule has 0 unspecified atom stereocenters. The molecule has 28 heavy (non-hydrogen) atoms. The maximum Gasteiger partial charge on any atom is 0.243 e. The molecule has 0 radical (unpaired) electrons. The summed E-state index contributed by atoms with van der Waals surface area (Å²) in [6, 6.07) is 12.3. The maximum atomic E-state index is 6.06. The summed E-state index contributed by atoms with van der Waals surface area (Å²) < 4.78 is 14.4. The molecule has 2 aromatic carbocycles. The average Bonchev–Trinajstić information content (AvgIpc) is 3.15. The Bertz CT molecular complexity index is 911. The fourth-order valence-electron chi connectivity index (χ4n) is 2.69. The third-order valence-electron chi connectivity index (χ3n) is 4.15. The third-order valence-corrected chi connectivity index (χ3v) is 4.74. The number of anilines is 1. The van der Waals surface area contributed by atoms with Crippen molar-refractivity contribution in [3.8, 4) is 11.5 Å². The second-order valence-electron chi connectivity index (χ2n) is 6.28. The molecule has 0 atom stereocenters. The van der Waals surface area contributed by atoms with Crippen molar-refractivity contribution >= 4 is 21.9 Å². The van der Waals surface area contributed by atoms with Gasteiger partial charge in [0.15, 0.2) is 11.5 Å². The fraction of sp³-hybridized carbons (Fsp3) is 0.350. The fourth-order valence-corrected chi connectivity index (χ4v) is 3.30. The molecule has 3 rings (SSSR count). The number of aryl methyl sites for hydroxylation is 2. The first kappa shape index (κ1) is 20.1. The highest BCUT2D eigenvalue weighted by Crippen LogP contribution is 2.37. The van der Waals surface area contributed by atoms with Crippen LogP contribution in [0, 0.1) is 6.92 Å². The van der Waals surface area contributed by atoms with Crippen molar-refractivity contribution in [2.75, 3.05) is 11.9 Å². The molecule has 0 saturated heterocycles. The number of ether oxygens (including phenoxy) is 2. The molecule has 0 aliphatic rings. The van der Waals surface area contributed by atoms with E-state index in [1.165, 1.54) is 5.56 Å². The van der Waals surface area contributed by atoms with Crippen LogP contribution in [-0.2, 0) is 19.7 Å². The molecule has 0 spiro atoms. The molecule has 1 aromatic heterocycles. The van der Waals surface area contributed by atoms with Crippen LogP contribution in [0.2, 0.25) is 0 Å². The molecule has 1 N–H and O–H groups in total. The lowest BCUT2D eigenvalue weighted by Gasteiger charge is -2.16. The first-order valence-corrected chi connectivity index (χ1v) is 10.0. The Hall–Kier alpha value is -2.61. The summed E-state index contributed by atoms with van der Waals surface area (Å²) in [5, 5.41) is 14.9. The quantitative estimate of drug-likeness (QED) is 0.527. The number of nitrogens with one attached hydrogen (secondary N) is 1. The van der Waals surface area contributed by atoms with Crippen molar-refractivity contribution in [3.05, 3.63) is 57.6 Å². The highest BCUT2D eigenvalue weighted by molar-refractivity contribution is 9.10. The summed E-state index contributed by atoms with van der Waals surface area (Å²) in [5.41, 5.74) is 3.37. The minimum Gasteiger partial charge on any atom is -0.490 e. The molecule has 0 bridgehead atoms. The van der Waals surface area contributed by atoms with Gasteiger partial charge in [-0.05, 0) is 70.4 Å². The molecule has 1 heterocycles. The largest absolute Gasteiger partial charge is 0.490 e. The van der Waals surface area contributed by atoms with Crippen molar-refractivity contribution in [2.45, 2.75) is 40.5 Å². The van der Waals surface area contributed by atoms with E-state index in [2.05, 4.69) is 68.0 Å². The summed E-state index contributed by atoms with van der Waals surface area (Å²) in [5.74, 6) is 2.04. The first-order chi connectivity index (χ1) is 13.6. The van der Waals surface area contributed by atoms with Gasteiger partial charge in [-0.3, -0.25) is 0 Å². The molecule has 7 nitrogen and oxygen atoms in total. The van der Waals surface area contributed by atoms with E-state index in [4.69, 9.17) is 9.47 Å². The predicted octanol–water partition coefficient (Wildman–Crippen LogP) is 4.35. The van der Waals surface area contributed by atoms with Gasteiger partial charge in [0, 0.05) is 13.1 Å². The Morgan fingerprint density at radius 1 is 1.07 bits per heavy atom. The van der Waals surface area contributed by atoms with E-state index in [9.17, 15) is 0 Å². The summed E-state index contributed by atoms with van der Waals surface area (Å²) >= 11 is 3.62. The van der Waals surface area contributed by atoms with Crippen LogP contribution in [0.3, 0.4) is 0 Å². The van der Waals surface area contributed by atoms with Crippen molar-refractivity contribution in [2.24, 2.45) is 0 Å². The monoisotopic (exact) mass is 445 g/mol. The Morgan fingerprint density at radius 2 is 1.86 bits per heavy atom. The van der Waals surface area contributed by atoms with E-state index in [-0.39, 0.29) is 0 Å². The van der Waals surface area contributed by atoms with Crippen LogP contribution in [-0.4, -0.2) is 26.8 Å². The van der Waals surface area contributed by atoms with Crippen LogP contribution in [0.25, 0.3) is 0 Å². The Kier molecular flexibility index (Phi) is 6.86. The lowest BCUT2D eigenvalue weighted by atomic mass is 10.1. The van der Waals surface area contributed by atoms with Gasteiger partial charge in [0.25, 0.3) is 0 Å². The molecule has 0 aliphatic heterocycles. The zero-order chi connectivity index (χ0) is 19.9. The van der Waals surface area contributed by atoms with Gasteiger partial charge in [-0.1, -0.05) is 34.9 Å². The molecule has 0 amide bonds. The van der Waals surface area contributed by atoms with Crippen molar-refractivity contribution in [3.63, 3.8) is 0 Å². The molecular formula is C20H24BrN5O2. The third kappa shape index (κ3) is 5.01. The SMILES string of the molecule is CCOc1cc(CNc2nnnn2CC)cc(Br)c1OCc1ccc(C)cc1. The molecule has 0 saturated carbocycles. The smallest absolute Gasteiger partial charge is 0.243 e. The molecule has 148 valence electrons. The number of hydrogen-bond donors (Lipinski definition) is 1. The lowest BCUT2D eigenvalue weighted by Crippen LogP contribution is -2.08. The van der Waals surface area contributed by atoms with Gasteiger partial charge in [-0.25, -0.2) is 4.68 Å². The molecule has 3 aromatic rings. The predicted molar refractivity (Wildman–Crippen MR) is 112 cm³/mol. The Morgan fingerprint density at radius 3 is 2.57 bits per heavy atom. The van der Waals surface area contributed by atoms with Crippen LogP contribution >= 0.6 is 15.9 Å². The first-order valence-electron chi connectivity index (χ1n) is 9.24. The molecule has 0 fully saturated rings. The summed E-state index contributed by atoms with van der Waals surface area (Å²) in [7, 11) is 0. The molecule has 0 aliphatic carbocycles. The van der Waals surface area contributed by atoms with Crippen LogP contribution in [0.1, 0.15) is 30.5 Å². The normalized spacial score (nSPS) is 10.7. The standard InChI is InChI=1S/C20H24BrN5O2/c1-4-26-20(23-24-25-26)22-12-16-10-17(21)19(18(11-16)27-5-2)28-13-15-8-6-14(3)7-9-15/h6-11H,4-5,12-13H2,1-3H3,(H,22,23,25). The average molecular weight is 446 g/mol. The Labute approximate surface area is 173 Å². The van der Waals surface area contributed by atoms with E-state index < -0.39 is 0 Å². The highest BCUT2D eigenvalue weighted by Gasteiger charge is 2.13. The van der Waals surface area contributed by atoms with Gasteiger partial charge in [0.05, 0.1) is 11.1 Å². The van der Waals surface area contributed by atoms with Crippen molar-refractivity contribution in [1.29, 1.82) is 0 Å². The van der Waals surface area contributed by atoms with Gasteiger partial charge in [-0.2, -0.15) is 0 Å². The summed E-state index contributed by atoms with van der Waals surface area (Å²) in [6.07, 6.45) is 0. The lowest BCUT2D eigenvalue weighted by molar-refractivity contribution is 0.267. The van der Waals surface area contributed by atoms with Crippen LogP contribution in [0.4, 0.5) is 5.95 Å². The maximum absolute atomic E-state index is 6.06. The second-order valence-corrected chi connectivity index (χ2v) is 7.14. The number of aromatic nitrogens is 4. The topological polar surface area (TPSA) is 74.1 Å². The summed E-state index contributed by atoms with van der Waals surface area (Å²) in [4.78, 5) is 0. The van der Waals surface area contributed by atoms with Crippen molar-refractivity contribution in [1.82, 2.24) is 20.2 Å². The van der Waals surface area contributed by atoms with Gasteiger partial charge in [0.2, 0.25) is 5.95 Å². The van der Waals surface area contributed by atoms with Crippen LogP contribution in [0.15, 0.2) is 40.9 Å². The number of halogens is 1. The van der Waals surface area contributed by atoms with Crippen LogP contribution < -0.4 is 14.8 Å². The van der Waals surface area contributed by atoms with E-state index in [0.29, 0.717) is 43.8 Å². The zero-order valence-corrected chi connectivity index (χ0v) is 17.9. The zero-order valence-electron chi connectivity index (χ0n) is 16.3. The van der Waals surface area contributed by atoms with E-state index in [1.807, 2.05) is 26.0 Å². The van der Waals surface area contributed by atoms with Crippen LogP contribution in [0.5, 0.6) is 11.5 Å². The molecule has 8 heteroatoms. The number of tetrazole rings is 1. The van der Waals surface area contributed by atoms with E-state index in [1.54, 1.807) is 4.68 Å². The van der Waals surface area contributed by atoms with Gasteiger partial charge < -0.3 is 14.8 Å². The van der Waals surface area contributed by atoms with Gasteiger partial charge in [0.1, 0.15) is 6.61 Å². The Balaban J connectivity index is 1.74. The number of rotatable bonds is 9. The number of nitrogens with zero attached hydrogens (tertiary/aromatic N) is 4. The number of hydrogen-bond acceptors (Lipinski definition) is 6. The minimum absolute atomic E-state index is 0.474.